The van der Waals surface area contributed by atoms with Gasteiger partial charge >= 0.3 is 0 Å². The summed E-state index contributed by atoms with van der Waals surface area (Å²) >= 11 is 0. The van der Waals surface area contributed by atoms with E-state index in [0.717, 1.165) is 5.69 Å². The van der Waals surface area contributed by atoms with Gasteiger partial charge in [-0.05, 0) is 6.92 Å². The van der Waals surface area contributed by atoms with Gasteiger partial charge in [0.2, 0.25) is 0 Å². The van der Waals surface area contributed by atoms with Crippen molar-refractivity contribution >= 4 is 0 Å². The van der Waals surface area contributed by atoms with Crippen LogP contribution < -0.4 is 5.56 Å². The summed E-state index contributed by atoms with van der Waals surface area (Å²) in [4.78, 5) is 10.6. The molecular formula is C7H14N2O. The summed E-state index contributed by atoms with van der Waals surface area (Å²) in [6, 6.07) is 1.56. The molecule has 0 saturated carbocycles. The molecular weight excluding hydrogens is 128 g/mol. The minimum Gasteiger partial charge on any atom is -0.300 e. The van der Waals surface area contributed by atoms with Crippen LogP contribution in [0.15, 0.2) is 10.9 Å². The van der Waals surface area contributed by atoms with Crippen LogP contribution in [-0.4, -0.2) is 9.78 Å². The molecule has 1 rings (SSSR count). The number of rotatable bonds is 0. The van der Waals surface area contributed by atoms with Crippen LogP contribution in [0.2, 0.25) is 0 Å². The van der Waals surface area contributed by atoms with E-state index >= 15 is 0 Å². The van der Waals surface area contributed by atoms with E-state index in [1.165, 1.54) is 4.68 Å². The van der Waals surface area contributed by atoms with Crippen molar-refractivity contribution in [2.45, 2.75) is 20.8 Å². The normalized spacial score (nSPS) is 8.40. The minimum atomic E-state index is 0.0162. The third kappa shape index (κ3) is 2.09. The van der Waals surface area contributed by atoms with E-state index in [2.05, 4.69) is 5.10 Å². The van der Waals surface area contributed by atoms with E-state index in [1.807, 2.05) is 20.8 Å². The Bertz CT molecular complexity index is 234. The van der Waals surface area contributed by atoms with E-state index in [0.29, 0.717) is 0 Å². The molecule has 1 aromatic heterocycles. The highest BCUT2D eigenvalue weighted by molar-refractivity contribution is 4.94. The van der Waals surface area contributed by atoms with Gasteiger partial charge in [-0.3, -0.25) is 9.48 Å². The highest BCUT2D eigenvalue weighted by Crippen LogP contribution is 1.80. The van der Waals surface area contributed by atoms with Crippen LogP contribution in [0.5, 0.6) is 0 Å². The van der Waals surface area contributed by atoms with Gasteiger partial charge in [0.1, 0.15) is 0 Å². The molecule has 3 nitrogen and oxygen atoms in total. The van der Waals surface area contributed by atoms with E-state index in [-0.39, 0.29) is 5.56 Å². The summed E-state index contributed by atoms with van der Waals surface area (Å²) in [7, 11) is 1.69. The molecule has 0 aliphatic carbocycles. The molecule has 0 aliphatic heterocycles. The van der Waals surface area contributed by atoms with Gasteiger partial charge in [0.05, 0.1) is 0 Å². The standard InChI is InChI=1S/C5H8N2O.C2H6/c1-4-3-5(8)7(2)6-4;1-2/h3,6H,1-2H3;1-2H3. The number of H-pyrrole nitrogens is 1. The molecule has 1 aromatic rings. The SMILES string of the molecule is CC.Cc1cc(=O)n(C)[nH]1. The summed E-state index contributed by atoms with van der Waals surface area (Å²) in [5.74, 6) is 0. The van der Waals surface area contributed by atoms with E-state index in [4.69, 9.17) is 0 Å². The largest absolute Gasteiger partial charge is 0.300 e. The fourth-order valence-electron chi connectivity index (χ4n) is 0.634. The van der Waals surface area contributed by atoms with Gasteiger partial charge in [0, 0.05) is 18.8 Å². The maximum Gasteiger partial charge on any atom is 0.266 e. The number of nitrogens with one attached hydrogen (secondary N) is 1. The molecule has 0 unspecified atom stereocenters. The molecule has 0 atom stereocenters. The zero-order valence-electron chi connectivity index (χ0n) is 6.93. The highest BCUT2D eigenvalue weighted by Gasteiger charge is 1.89. The summed E-state index contributed by atoms with van der Waals surface area (Å²) in [6.07, 6.45) is 0. The first-order valence-electron chi connectivity index (χ1n) is 3.43. The van der Waals surface area contributed by atoms with Crippen molar-refractivity contribution in [2.24, 2.45) is 7.05 Å². The monoisotopic (exact) mass is 142 g/mol. The zero-order chi connectivity index (χ0) is 8.15. The van der Waals surface area contributed by atoms with E-state index < -0.39 is 0 Å². The fourth-order valence-corrected chi connectivity index (χ4v) is 0.634. The number of nitrogens with zero attached hydrogens (tertiary/aromatic N) is 1. The molecule has 3 heteroatoms. The van der Waals surface area contributed by atoms with Gasteiger partial charge in [-0.15, -0.1) is 0 Å². The quantitative estimate of drug-likeness (QED) is 0.577. The van der Waals surface area contributed by atoms with Gasteiger partial charge in [-0.2, -0.15) is 0 Å². The lowest BCUT2D eigenvalue weighted by Crippen LogP contribution is -2.09. The number of aryl methyl sites for hydroxylation is 2. The van der Waals surface area contributed by atoms with Crippen molar-refractivity contribution in [3.05, 3.63) is 22.1 Å². The van der Waals surface area contributed by atoms with Crippen LogP contribution >= 0.6 is 0 Å². The number of aromatic amines is 1. The summed E-state index contributed by atoms with van der Waals surface area (Å²) < 4.78 is 1.44. The van der Waals surface area contributed by atoms with Gasteiger partial charge in [0.15, 0.2) is 0 Å². The van der Waals surface area contributed by atoms with Crippen LogP contribution in [0.25, 0.3) is 0 Å². The van der Waals surface area contributed by atoms with E-state index in [1.54, 1.807) is 13.1 Å². The molecule has 58 valence electrons. The average molecular weight is 142 g/mol. The first kappa shape index (κ1) is 9.01. The predicted octanol–water partition coefficient (Wildman–Crippen LogP) is 1.05. The Kier molecular flexibility index (Phi) is 3.54. The zero-order valence-corrected chi connectivity index (χ0v) is 6.93. The lowest BCUT2D eigenvalue weighted by molar-refractivity contribution is 0.731. The molecule has 0 spiro atoms. The molecule has 1 heterocycles. The molecule has 0 fully saturated rings. The molecule has 10 heavy (non-hydrogen) atoms. The summed E-state index contributed by atoms with van der Waals surface area (Å²) in [6.45, 7) is 5.85. The lowest BCUT2D eigenvalue weighted by Gasteiger charge is -1.83. The molecule has 0 bridgehead atoms. The Labute approximate surface area is 60.7 Å². The second-order valence-electron chi connectivity index (χ2n) is 1.84. The van der Waals surface area contributed by atoms with Crippen molar-refractivity contribution in [3.63, 3.8) is 0 Å². The van der Waals surface area contributed by atoms with Crippen molar-refractivity contribution in [1.29, 1.82) is 0 Å². The number of hydrogen-bond donors (Lipinski definition) is 1. The molecule has 0 aromatic carbocycles. The molecule has 0 amide bonds. The highest BCUT2D eigenvalue weighted by atomic mass is 16.1. The first-order valence-corrected chi connectivity index (χ1v) is 3.43. The Balaban J connectivity index is 0.000000371. The number of hydrogen-bond acceptors (Lipinski definition) is 1. The van der Waals surface area contributed by atoms with Gasteiger partial charge in [-0.25, -0.2) is 0 Å². The second-order valence-corrected chi connectivity index (χ2v) is 1.84. The average Bonchev–Trinajstić information content (AvgIpc) is 2.16. The van der Waals surface area contributed by atoms with Crippen LogP contribution in [0, 0.1) is 6.92 Å². The maximum atomic E-state index is 10.6. The number of aromatic nitrogens is 2. The minimum absolute atomic E-state index is 0.0162. The fraction of sp³-hybridized carbons (Fsp3) is 0.571. The van der Waals surface area contributed by atoms with Gasteiger partial charge < -0.3 is 5.10 Å². The summed E-state index contributed by atoms with van der Waals surface area (Å²) in [5, 5.41) is 2.81. The Hall–Kier alpha value is -0.990. The Morgan fingerprint density at radius 1 is 1.50 bits per heavy atom. The van der Waals surface area contributed by atoms with E-state index in [9.17, 15) is 4.79 Å². The van der Waals surface area contributed by atoms with Crippen LogP contribution in [0.1, 0.15) is 19.5 Å². The molecule has 0 saturated heterocycles. The Morgan fingerprint density at radius 3 is 2.10 bits per heavy atom. The van der Waals surface area contributed by atoms with Crippen molar-refractivity contribution in [3.8, 4) is 0 Å². The smallest absolute Gasteiger partial charge is 0.266 e. The van der Waals surface area contributed by atoms with Gasteiger partial charge in [0.25, 0.3) is 5.56 Å². The Morgan fingerprint density at radius 2 is 2.00 bits per heavy atom. The predicted molar refractivity (Wildman–Crippen MR) is 42.1 cm³/mol. The lowest BCUT2D eigenvalue weighted by atomic mass is 10.5. The van der Waals surface area contributed by atoms with Crippen molar-refractivity contribution in [1.82, 2.24) is 9.78 Å². The topological polar surface area (TPSA) is 37.8 Å². The second kappa shape index (κ2) is 3.93. The maximum absolute atomic E-state index is 10.6. The molecule has 0 radical (unpaired) electrons. The summed E-state index contributed by atoms with van der Waals surface area (Å²) in [5.41, 5.74) is 0.917. The third-order valence-corrected chi connectivity index (χ3v) is 1.01. The van der Waals surface area contributed by atoms with Crippen LogP contribution in [-0.2, 0) is 7.05 Å². The van der Waals surface area contributed by atoms with Crippen LogP contribution in [0.3, 0.4) is 0 Å². The van der Waals surface area contributed by atoms with Crippen molar-refractivity contribution < 1.29 is 0 Å². The van der Waals surface area contributed by atoms with Gasteiger partial charge in [-0.1, -0.05) is 13.8 Å². The first-order chi connectivity index (χ1) is 4.70. The third-order valence-electron chi connectivity index (χ3n) is 1.01. The van der Waals surface area contributed by atoms with Crippen LogP contribution in [0.4, 0.5) is 0 Å². The molecule has 1 N–H and O–H groups in total. The molecule has 0 aliphatic rings. The van der Waals surface area contributed by atoms with Crippen molar-refractivity contribution in [2.75, 3.05) is 0 Å².